The fourth-order valence-corrected chi connectivity index (χ4v) is 5.11. The average molecular weight is 525 g/mol. The Bertz CT molecular complexity index is 1260. The average Bonchev–Trinajstić information content (AvgIpc) is 2.77. The van der Waals surface area contributed by atoms with Gasteiger partial charge < -0.3 is 15.2 Å². The number of benzene rings is 1. The van der Waals surface area contributed by atoms with Crippen LogP contribution in [-0.2, 0) is 14.3 Å². The number of thioether (sulfide) groups is 1. The molecular formula is C24H21BrN4O3S. The molecular weight excluding hydrogens is 504 g/mol. The van der Waals surface area contributed by atoms with Crippen LogP contribution in [0.5, 0.6) is 0 Å². The fourth-order valence-electron chi connectivity index (χ4n) is 3.55. The number of aromatic nitrogens is 1. The van der Waals surface area contributed by atoms with E-state index in [2.05, 4.69) is 33.1 Å². The van der Waals surface area contributed by atoms with Crippen molar-refractivity contribution in [1.29, 1.82) is 10.5 Å². The van der Waals surface area contributed by atoms with Crippen LogP contribution >= 0.6 is 27.7 Å². The highest BCUT2D eigenvalue weighted by atomic mass is 79.9. The molecule has 0 saturated carbocycles. The fraction of sp³-hybridized carbons (Fsp3) is 0.250. The smallest absolute Gasteiger partial charge is 0.338 e. The van der Waals surface area contributed by atoms with Crippen molar-refractivity contribution in [3.63, 3.8) is 0 Å². The van der Waals surface area contributed by atoms with Crippen molar-refractivity contribution in [2.45, 2.75) is 31.7 Å². The van der Waals surface area contributed by atoms with E-state index < -0.39 is 11.9 Å². The van der Waals surface area contributed by atoms with E-state index in [1.807, 2.05) is 44.2 Å². The van der Waals surface area contributed by atoms with Gasteiger partial charge in [0.15, 0.2) is 0 Å². The second kappa shape index (κ2) is 10.6. The first-order chi connectivity index (χ1) is 15.8. The minimum absolute atomic E-state index is 0.0733. The van der Waals surface area contributed by atoms with E-state index >= 15 is 0 Å². The first-order valence-corrected chi connectivity index (χ1v) is 11.8. The Morgan fingerprint density at radius 1 is 1.30 bits per heavy atom. The Labute approximate surface area is 205 Å². The zero-order valence-corrected chi connectivity index (χ0v) is 20.7. The molecule has 1 atom stereocenters. The molecule has 2 N–H and O–H groups in total. The van der Waals surface area contributed by atoms with E-state index in [0.29, 0.717) is 20.6 Å². The first-order valence-electron chi connectivity index (χ1n) is 10.1. The molecule has 0 unspecified atom stereocenters. The van der Waals surface area contributed by atoms with Crippen LogP contribution in [0.1, 0.15) is 35.2 Å². The molecule has 2 aromatic rings. The number of pyridine rings is 1. The largest absolute Gasteiger partial charge is 0.463 e. The monoisotopic (exact) mass is 524 g/mol. The summed E-state index contributed by atoms with van der Waals surface area (Å²) in [4.78, 5) is 17.6. The molecule has 3 rings (SSSR count). The van der Waals surface area contributed by atoms with E-state index in [1.54, 1.807) is 6.92 Å². The zero-order valence-electron chi connectivity index (χ0n) is 18.3. The first kappa shape index (κ1) is 24.4. The van der Waals surface area contributed by atoms with E-state index in [9.17, 15) is 15.3 Å². The van der Waals surface area contributed by atoms with Crippen molar-refractivity contribution in [1.82, 2.24) is 4.98 Å². The number of halogens is 1. The molecule has 0 saturated heterocycles. The van der Waals surface area contributed by atoms with Gasteiger partial charge in [0.05, 0.1) is 29.4 Å². The summed E-state index contributed by atoms with van der Waals surface area (Å²) in [5.74, 6) is -1.00. The van der Waals surface area contributed by atoms with Gasteiger partial charge in [-0.1, -0.05) is 45.9 Å². The standard InChI is InChI=1S/C24H21BrN4O3S/c1-4-31-24(30)21-19(12-33-23-16(10-26)13(2)9-14(3)29-23)32-22(28)17(11-27)20(21)15-7-5-6-8-18(15)25/h5-9,20H,4,12,28H2,1-3H3/t20-/m1/s1. The van der Waals surface area contributed by atoms with Gasteiger partial charge in [-0.2, -0.15) is 10.5 Å². The van der Waals surface area contributed by atoms with Crippen LogP contribution in [-0.4, -0.2) is 23.3 Å². The number of allylic oxidation sites excluding steroid dienone is 1. The van der Waals surface area contributed by atoms with Gasteiger partial charge in [-0.15, -0.1) is 0 Å². The number of rotatable bonds is 6. The molecule has 0 fully saturated rings. The Balaban J connectivity index is 2.14. The minimum atomic E-state index is -0.767. The lowest BCUT2D eigenvalue weighted by molar-refractivity contribution is -0.139. The molecule has 168 valence electrons. The summed E-state index contributed by atoms with van der Waals surface area (Å²) in [5, 5.41) is 19.9. The lowest BCUT2D eigenvalue weighted by Gasteiger charge is -2.28. The summed E-state index contributed by atoms with van der Waals surface area (Å²) in [6.45, 7) is 5.56. The SMILES string of the molecule is CCOC(=O)C1=C(CSc2nc(C)cc(C)c2C#N)OC(N)=C(C#N)[C@H]1c1ccccc1Br. The summed E-state index contributed by atoms with van der Waals surface area (Å²) < 4.78 is 11.8. The maximum Gasteiger partial charge on any atom is 0.338 e. The summed E-state index contributed by atoms with van der Waals surface area (Å²) in [6.07, 6.45) is 0. The summed E-state index contributed by atoms with van der Waals surface area (Å²) >= 11 is 4.78. The van der Waals surface area contributed by atoms with Gasteiger partial charge in [0, 0.05) is 10.2 Å². The molecule has 0 bridgehead atoms. The number of carbonyl (C=O) groups is 1. The zero-order chi connectivity index (χ0) is 24.1. The van der Waals surface area contributed by atoms with Gasteiger partial charge in [0.1, 0.15) is 28.5 Å². The second-order valence-corrected chi connectivity index (χ2v) is 8.98. The predicted molar refractivity (Wildman–Crippen MR) is 128 cm³/mol. The summed E-state index contributed by atoms with van der Waals surface area (Å²) in [5.41, 5.74) is 9.19. The van der Waals surface area contributed by atoms with E-state index in [0.717, 1.165) is 11.3 Å². The maximum absolute atomic E-state index is 13.1. The van der Waals surface area contributed by atoms with E-state index in [4.69, 9.17) is 15.2 Å². The Kier molecular flexibility index (Phi) is 7.80. The molecule has 0 aliphatic carbocycles. The van der Waals surface area contributed by atoms with Gasteiger partial charge in [-0.3, -0.25) is 0 Å². The van der Waals surface area contributed by atoms with Crippen LogP contribution in [0.3, 0.4) is 0 Å². The number of nitrogens with two attached hydrogens (primary N) is 1. The Morgan fingerprint density at radius 2 is 2.03 bits per heavy atom. The molecule has 0 spiro atoms. The maximum atomic E-state index is 13.1. The van der Waals surface area contributed by atoms with Crippen LogP contribution in [0.25, 0.3) is 0 Å². The van der Waals surface area contributed by atoms with Crippen LogP contribution in [0.15, 0.2) is 62.6 Å². The van der Waals surface area contributed by atoms with Crippen LogP contribution < -0.4 is 5.73 Å². The summed E-state index contributed by atoms with van der Waals surface area (Å²) in [7, 11) is 0. The molecule has 33 heavy (non-hydrogen) atoms. The molecule has 0 amide bonds. The van der Waals surface area contributed by atoms with Crippen molar-refractivity contribution < 1.29 is 14.3 Å². The van der Waals surface area contributed by atoms with Crippen molar-refractivity contribution >= 4 is 33.7 Å². The number of esters is 1. The third-order valence-electron chi connectivity index (χ3n) is 4.97. The number of carbonyl (C=O) groups excluding carboxylic acids is 1. The van der Waals surface area contributed by atoms with Gasteiger partial charge in [-0.05, 0) is 44.0 Å². The van der Waals surface area contributed by atoms with Crippen molar-refractivity contribution in [2.24, 2.45) is 5.73 Å². The highest BCUT2D eigenvalue weighted by Crippen LogP contribution is 2.43. The Hall–Kier alpha value is -3.27. The topological polar surface area (TPSA) is 122 Å². The second-order valence-electron chi connectivity index (χ2n) is 7.16. The number of hydrogen-bond donors (Lipinski definition) is 1. The van der Waals surface area contributed by atoms with Crippen molar-refractivity contribution in [3.05, 3.63) is 80.0 Å². The van der Waals surface area contributed by atoms with E-state index in [1.165, 1.54) is 11.8 Å². The quantitative estimate of drug-likeness (QED) is 0.424. The van der Waals surface area contributed by atoms with Gasteiger partial charge >= 0.3 is 5.97 Å². The number of ether oxygens (including phenoxy) is 2. The molecule has 1 aromatic carbocycles. The van der Waals surface area contributed by atoms with E-state index in [-0.39, 0.29) is 35.1 Å². The molecule has 1 aromatic heterocycles. The third-order valence-corrected chi connectivity index (χ3v) is 6.67. The minimum Gasteiger partial charge on any atom is -0.463 e. The molecule has 2 heterocycles. The third kappa shape index (κ3) is 5.05. The lowest BCUT2D eigenvalue weighted by Crippen LogP contribution is -2.27. The summed E-state index contributed by atoms with van der Waals surface area (Å²) in [6, 6.07) is 13.4. The molecule has 9 heteroatoms. The highest BCUT2D eigenvalue weighted by molar-refractivity contribution is 9.10. The highest BCUT2D eigenvalue weighted by Gasteiger charge is 2.38. The van der Waals surface area contributed by atoms with Crippen molar-refractivity contribution in [3.8, 4) is 12.1 Å². The van der Waals surface area contributed by atoms with Crippen LogP contribution in [0.2, 0.25) is 0 Å². The number of nitrogens with zero attached hydrogens (tertiary/aromatic N) is 3. The van der Waals surface area contributed by atoms with Crippen LogP contribution in [0, 0.1) is 36.5 Å². The van der Waals surface area contributed by atoms with Gasteiger partial charge in [-0.25, -0.2) is 9.78 Å². The van der Waals surface area contributed by atoms with Gasteiger partial charge in [0.25, 0.3) is 0 Å². The molecule has 0 radical (unpaired) electrons. The Morgan fingerprint density at radius 3 is 2.67 bits per heavy atom. The molecule has 7 nitrogen and oxygen atoms in total. The number of nitriles is 2. The predicted octanol–water partition coefficient (Wildman–Crippen LogP) is 4.75. The number of aryl methyl sites for hydroxylation is 2. The molecule has 1 aliphatic rings. The number of hydrogen-bond acceptors (Lipinski definition) is 8. The lowest BCUT2D eigenvalue weighted by atomic mass is 9.83. The molecule has 1 aliphatic heterocycles. The van der Waals surface area contributed by atoms with Crippen LogP contribution in [0.4, 0.5) is 0 Å². The van der Waals surface area contributed by atoms with Crippen molar-refractivity contribution in [2.75, 3.05) is 12.4 Å². The normalized spacial score (nSPS) is 15.5. The van der Waals surface area contributed by atoms with Gasteiger partial charge in [0.2, 0.25) is 5.88 Å².